The molecule has 0 spiro atoms. The summed E-state index contributed by atoms with van der Waals surface area (Å²) in [5.74, 6) is 5.75. The van der Waals surface area contributed by atoms with Crippen LogP contribution in [0.3, 0.4) is 0 Å². The van der Waals surface area contributed by atoms with Gasteiger partial charge in [-0.2, -0.15) is 13.2 Å². The predicted molar refractivity (Wildman–Crippen MR) is 107 cm³/mol. The number of nitrogens with one attached hydrogen (secondary N) is 2. The van der Waals surface area contributed by atoms with E-state index in [0.29, 0.717) is 11.4 Å². The zero-order valence-electron chi connectivity index (χ0n) is 15.4. The van der Waals surface area contributed by atoms with Crippen molar-refractivity contribution in [3.05, 3.63) is 53.1 Å². The fraction of sp³-hybridized carbons (Fsp3) is 0.286. The van der Waals surface area contributed by atoms with Crippen molar-refractivity contribution in [2.24, 2.45) is 10.9 Å². The molecule has 2 aromatic rings. The maximum Gasteiger partial charge on any atom is 0.429 e. The van der Waals surface area contributed by atoms with Crippen LogP contribution < -0.4 is 15.4 Å². The molecule has 0 radical (unpaired) electrons. The van der Waals surface area contributed by atoms with Crippen LogP contribution in [0, 0.1) is 17.8 Å². The maximum atomic E-state index is 14.4. The van der Waals surface area contributed by atoms with E-state index in [1.54, 1.807) is 24.3 Å². The molecule has 0 aromatic heterocycles. The monoisotopic (exact) mass is 419 g/mol. The van der Waals surface area contributed by atoms with Crippen molar-refractivity contribution in [2.45, 2.75) is 24.6 Å². The minimum absolute atomic E-state index is 0.0139. The van der Waals surface area contributed by atoms with E-state index in [-0.39, 0.29) is 28.2 Å². The molecule has 1 aliphatic carbocycles. The Morgan fingerprint density at radius 2 is 1.93 bits per heavy atom. The van der Waals surface area contributed by atoms with Crippen molar-refractivity contribution < 1.29 is 17.9 Å². The number of halogens is 4. The normalized spacial score (nSPS) is 20.5. The number of fused-ring (bicyclic) bond motifs is 1. The highest BCUT2D eigenvalue weighted by atomic mass is 35.5. The summed E-state index contributed by atoms with van der Waals surface area (Å²) in [6.45, 7) is 0. The number of guanidine groups is 1. The second-order valence-electron chi connectivity index (χ2n) is 6.88. The number of rotatable bonds is 2. The van der Waals surface area contributed by atoms with Crippen LogP contribution in [0.5, 0.6) is 5.75 Å². The van der Waals surface area contributed by atoms with Gasteiger partial charge < -0.3 is 15.4 Å². The van der Waals surface area contributed by atoms with E-state index in [0.717, 1.165) is 12.8 Å². The minimum atomic E-state index is -4.73. The molecule has 1 saturated carbocycles. The third kappa shape index (κ3) is 3.85. The van der Waals surface area contributed by atoms with Crippen LogP contribution >= 0.6 is 11.6 Å². The average Bonchev–Trinajstić information content (AvgIpc) is 3.51. The topological polar surface area (TPSA) is 45.6 Å². The lowest BCUT2D eigenvalue weighted by Crippen LogP contribution is -2.45. The van der Waals surface area contributed by atoms with E-state index in [1.165, 1.54) is 25.3 Å². The first-order valence-corrected chi connectivity index (χ1v) is 9.36. The number of anilines is 2. The quantitative estimate of drug-likeness (QED) is 0.639. The predicted octanol–water partition coefficient (Wildman–Crippen LogP) is 5.41. The number of hydrogen-bond donors (Lipinski definition) is 2. The molecule has 1 atom stereocenters. The standard InChI is InChI=1S/C21H17ClF3N3O/c1-29-16-7-5-15(6-8-16)26-19-27-18-9-4-14(22)12-17(18)20(28-19,21(23,24)25)11-10-13-2-3-13/h4-9,12-13H,2-3H2,1H3,(H2,26,27,28). The lowest BCUT2D eigenvalue weighted by atomic mass is 9.87. The fourth-order valence-electron chi connectivity index (χ4n) is 2.99. The molecule has 1 heterocycles. The number of alkyl halides is 3. The molecule has 1 unspecified atom stereocenters. The average molecular weight is 420 g/mol. The van der Waals surface area contributed by atoms with Crippen molar-refractivity contribution in [2.75, 3.05) is 17.7 Å². The molecule has 0 saturated heterocycles. The number of hydrogen-bond acceptors (Lipinski definition) is 4. The molecule has 29 heavy (non-hydrogen) atoms. The van der Waals surface area contributed by atoms with E-state index < -0.39 is 11.7 Å². The molecule has 1 fully saturated rings. The Balaban J connectivity index is 1.80. The van der Waals surface area contributed by atoms with E-state index in [2.05, 4.69) is 27.5 Å². The van der Waals surface area contributed by atoms with E-state index in [9.17, 15) is 13.2 Å². The zero-order valence-corrected chi connectivity index (χ0v) is 16.2. The molecule has 2 aromatic carbocycles. The van der Waals surface area contributed by atoms with Gasteiger partial charge in [0.1, 0.15) is 5.75 Å². The molecular formula is C21H17ClF3N3O. The summed E-state index contributed by atoms with van der Waals surface area (Å²) < 4.78 is 48.2. The number of ether oxygens (including phenoxy) is 1. The van der Waals surface area contributed by atoms with Gasteiger partial charge in [0.2, 0.25) is 11.5 Å². The van der Waals surface area contributed by atoms with Gasteiger partial charge in [0, 0.05) is 27.9 Å². The van der Waals surface area contributed by atoms with Gasteiger partial charge in [-0.05, 0) is 55.3 Å². The molecule has 4 nitrogen and oxygen atoms in total. The van der Waals surface area contributed by atoms with E-state index in [1.807, 2.05) is 0 Å². The lowest BCUT2D eigenvalue weighted by molar-refractivity contribution is -0.170. The van der Waals surface area contributed by atoms with Gasteiger partial charge in [-0.1, -0.05) is 23.4 Å². The number of benzene rings is 2. The van der Waals surface area contributed by atoms with Crippen LogP contribution in [0.1, 0.15) is 18.4 Å². The SMILES string of the molecule is COc1ccc(NC2=NC(C#CC3CC3)(C(F)(F)F)c3cc(Cl)ccc3N2)cc1. The summed E-state index contributed by atoms with van der Waals surface area (Å²) in [5.41, 5.74) is -2.00. The molecular weight excluding hydrogens is 403 g/mol. The van der Waals surface area contributed by atoms with Gasteiger partial charge >= 0.3 is 6.18 Å². The molecule has 1 aliphatic heterocycles. The van der Waals surface area contributed by atoms with Crippen molar-refractivity contribution >= 4 is 28.9 Å². The summed E-state index contributed by atoms with van der Waals surface area (Å²) >= 11 is 6.00. The van der Waals surface area contributed by atoms with Crippen molar-refractivity contribution in [3.63, 3.8) is 0 Å². The molecule has 150 valence electrons. The Kier molecular flexibility index (Phi) is 4.83. The molecule has 2 N–H and O–H groups in total. The highest BCUT2D eigenvalue weighted by Crippen LogP contribution is 2.48. The van der Waals surface area contributed by atoms with E-state index in [4.69, 9.17) is 16.3 Å². The summed E-state index contributed by atoms with van der Waals surface area (Å²) in [5, 5.41) is 6.00. The molecule has 8 heteroatoms. The van der Waals surface area contributed by atoms with Gasteiger partial charge in [0.25, 0.3) is 0 Å². The summed E-state index contributed by atoms with van der Waals surface area (Å²) in [6.07, 6.45) is -3.12. The minimum Gasteiger partial charge on any atom is -0.497 e. The van der Waals surface area contributed by atoms with Crippen LogP contribution in [0.4, 0.5) is 24.5 Å². The molecule has 4 rings (SSSR count). The Labute approximate surface area is 171 Å². The first kappa shape index (κ1) is 19.5. The van der Waals surface area contributed by atoms with Crippen molar-refractivity contribution in [1.29, 1.82) is 0 Å². The van der Waals surface area contributed by atoms with Crippen LogP contribution in [-0.2, 0) is 5.54 Å². The Bertz CT molecular complexity index is 1020. The summed E-state index contributed by atoms with van der Waals surface area (Å²) in [7, 11) is 1.54. The zero-order chi connectivity index (χ0) is 20.6. The van der Waals surface area contributed by atoms with Crippen LogP contribution in [0.2, 0.25) is 5.02 Å². The Morgan fingerprint density at radius 1 is 1.21 bits per heavy atom. The highest BCUT2D eigenvalue weighted by molar-refractivity contribution is 6.30. The Morgan fingerprint density at radius 3 is 2.55 bits per heavy atom. The fourth-order valence-corrected chi connectivity index (χ4v) is 3.17. The lowest BCUT2D eigenvalue weighted by Gasteiger charge is -2.34. The number of methoxy groups -OCH3 is 1. The third-order valence-electron chi connectivity index (χ3n) is 4.70. The van der Waals surface area contributed by atoms with Crippen molar-refractivity contribution in [3.8, 4) is 17.6 Å². The van der Waals surface area contributed by atoms with Gasteiger partial charge in [0.15, 0.2) is 0 Å². The first-order valence-electron chi connectivity index (χ1n) is 8.98. The second-order valence-corrected chi connectivity index (χ2v) is 7.32. The largest absolute Gasteiger partial charge is 0.497 e. The summed E-state index contributed by atoms with van der Waals surface area (Å²) in [6, 6.07) is 11.1. The Hall–Kier alpha value is -2.85. The van der Waals surface area contributed by atoms with Crippen LogP contribution in [0.25, 0.3) is 0 Å². The van der Waals surface area contributed by atoms with E-state index >= 15 is 0 Å². The van der Waals surface area contributed by atoms with Gasteiger partial charge in [0.05, 0.1) is 7.11 Å². The summed E-state index contributed by atoms with van der Waals surface area (Å²) in [4.78, 5) is 4.01. The van der Waals surface area contributed by atoms with Gasteiger partial charge in [-0.15, -0.1) is 0 Å². The van der Waals surface area contributed by atoms with Gasteiger partial charge in [-0.25, -0.2) is 4.99 Å². The van der Waals surface area contributed by atoms with Crippen LogP contribution in [-0.4, -0.2) is 19.2 Å². The molecule has 2 aliphatic rings. The molecule has 0 bridgehead atoms. The highest BCUT2D eigenvalue weighted by Gasteiger charge is 2.58. The number of aliphatic imine (C=N–C) groups is 1. The molecule has 0 amide bonds. The van der Waals surface area contributed by atoms with Crippen LogP contribution in [0.15, 0.2) is 47.5 Å². The van der Waals surface area contributed by atoms with Gasteiger partial charge in [-0.3, -0.25) is 0 Å². The van der Waals surface area contributed by atoms with Crippen molar-refractivity contribution in [1.82, 2.24) is 0 Å². The first-order chi connectivity index (χ1) is 13.8. The smallest absolute Gasteiger partial charge is 0.429 e. The maximum absolute atomic E-state index is 14.4. The second kappa shape index (κ2) is 7.20. The number of nitrogens with zero attached hydrogens (tertiary/aromatic N) is 1. The third-order valence-corrected chi connectivity index (χ3v) is 4.94.